The van der Waals surface area contributed by atoms with E-state index in [0.717, 1.165) is 35.5 Å². The summed E-state index contributed by atoms with van der Waals surface area (Å²) in [6.45, 7) is 5.10. The molecule has 92 valence electrons. The van der Waals surface area contributed by atoms with Crippen LogP contribution in [0.1, 0.15) is 25.5 Å². The molecular weight excluding hydrogens is 232 g/mol. The molecule has 2 aromatic rings. The number of piperidine rings is 1. The fourth-order valence-corrected chi connectivity index (χ4v) is 3.21. The smallest absolute Gasteiger partial charge is 0.195 e. The summed E-state index contributed by atoms with van der Waals surface area (Å²) in [6, 6.07) is 0. The highest BCUT2D eigenvalue weighted by Gasteiger charge is 2.22. The van der Waals surface area contributed by atoms with E-state index in [0.29, 0.717) is 6.54 Å². The van der Waals surface area contributed by atoms with Crippen LogP contribution in [0, 0.1) is 5.92 Å². The van der Waals surface area contributed by atoms with Crippen LogP contribution in [-0.2, 0) is 6.54 Å². The summed E-state index contributed by atoms with van der Waals surface area (Å²) in [6.07, 6.45) is 4.58. The molecule has 3 rings (SSSR count). The Bertz CT molecular complexity index is 508. The van der Waals surface area contributed by atoms with Crippen molar-refractivity contribution in [3.63, 3.8) is 0 Å². The summed E-state index contributed by atoms with van der Waals surface area (Å²) in [7, 11) is 0. The number of hydrogen-bond donors (Lipinski definition) is 1. The van der Waals surface area contributed by atoms with Gasteiger partial charge in [-0.3, -0.25) is 4.40 Å². The van der Waals surface area contributed by atoms with E-state index < -0.39 is 0 Å². The third kappa shape index (κ3) is 1.83. The maximum absolute atomic E-state index is 5.87. The van der Waals surface area contributed by atoms with Crippen LogP contribution in [0.25, 0.3) is 4.96 Å². The average molecular weight is 250 g/mol. The standard InChI is InChI=1S/C12H18N4S/c1-9-2-4-15(5-3-9)11-10(8-13)16-6-7-17-12(16)14-11/h6-7,9H,2-5,8,13H2,1H3. The van der Waals surface area contributed by atoms with Gasteiger partial charge in [-0.15, -0.1) is 11.3 Å². The van der Waals surface area contributed by atoms with Crippen LogP contribution in [-0.4, -0.2) is 22.5 Å². The largest absolute Gasteiger partial charge is 0.355 e. The van der Waals surface area contributed by atoms with Gasteiger partial charge in [0.15, 0.2) is 10.8 Å². The Balaban J connectivity index is 1.96. The fourth-order valence-electron chi connectivity index (χ4n) is 2.48. The van der Waals surface area contributed by atoms with Gasteiger partial charge in [0, 0.05) is 31.2 Å². The van der Waals surface area contributed by atoms with E-state index in [1.165, 1.54) is 12.8 Å². The molecule has 5 heteroatoms. The molecule has 3 heterocycles. The van der Waals surface area contributed by atoms with Gasteiger partial charge in [-0.1, -0.05) is 6.92 Å². The van der Waals surface area contributed by atoms with Crippen LogP contribution in [0.5, 0.6) is 0 Å². The molecule has 17 heavy (non-hydrogen) atoms. The zero-order valence-electron chi connectivity index (χ0n) is 10.1. The van der Waals surface area contributed by atoms with Crippen LogP contribution >= 0.6 is 11.3 Å². The van der Waals surface area contributed by atoms with Crippen molar-refractivity contribution in [2.45, 2.75) is 26.3 Å². The number of aromatic nitrogens is 2. The second-order valence-corrected chi connectivity index (χ2v) is 5.68. The number of hydrogen-bond acceptors (Lipinski definition) is 4. The average Bonchev–Trinajstić information content (AvgIpc) is 2.89. The Morgan fingerprint density at radius 3 is 2.94 bits per heavy atom. The number of nitrogens with zero attached hydrogens (tertiary/aromatic N) is 3. The Kier molecular flexibility index (Phi) is 2.80. The molecule has 2 N–H and O–H groups in total. The van der Waals surface area contributed by atoms with Crippen LogP contribution < -0.4 is 10.6 Å². The van der Waals surface area contributed by atoms with Crippen molar-refractivity contribution in [1.29, 1.82) is 0 Å². The molecule has 0 aromatic carbocycles. The van der Waals surface area contributed by atoms with Gasteiger partial charge in [0.05, 0.1) is 5.69 Å². The van der Waals surface area contributed by atoms with Gasteiger partial charge < -0.3 is 10.6 Å². The number of anilines is 1. The molecule has 0 bridgehead atoms. The second kappa shape index (κ2) is 4.31. The number of rotatable bonds is 2. The fraction of sp³-hybridized carbons (Fsp3) is 0.583. The zero-order valence-corrected chi connectivity index (χ0v) is 10.9. The maximum atomic E-state index is 5.87. The molecule has 4 nitrogen and oxygen atoms in total. The van der Waals surface area contributed by atoms with Crippen molar-refractivity contribution in [3.05, 3.63) is 17.3 Å². The van der Waals surface area contributed by atoms with Crippen molar-refractivity contribution in [3.8, 4) is 0 Å². The number of nitrogens with two attached hydrogens (primary N) is 1. The summed E-state index contributed by atoms with van der Waals surface area (Å²) in [4.78, 5) is 8.17. The molecule has 0 saturated carbocycles. The van der Waals surface area contributed by atoms with Crippen LogP contribution in [0.15, 0.2) is 11.6 Å². The molecule has 1 aliphatic rings. The van der Waals surface area contributed by atoms with Crippen molar-refractivity contribution < 1.29 is 0 Å². The molecule has 1 aliphatic heterocycles. The normalized spacial score (nSPS) is 18.1. The van der Waals surface area contributed by atoms with Crippen molar-refractivity contribution >= 4 is 22.1 Å². The molecule has 0 atom stereocenters. The molecule has 0 spiro atoms. The van der Waals surface area contributed by atoms with Gasteiger partial charge in [0.25, 0.3) is 0 Å². The Morgan fingerprint density at radius 2 is 2.24 bits per heavy atom. The van der Waals surface area contributed by atoms with Gasteiger partial charge in [-0.25, -0.2) is 4.98 Å². The minimum absolute atomic E-state index is 0.555. The Labute approximate surface area is 105 Å². The molecule has 2 aromatic heterocycles. The van der Waals surface area contributed by atoms with Crippen molar-refractivity contribution in [2.24, 2.45) is 11.7 Å². The summed E-state index contributed by atoms with van der Waals surface area (Å²) < 4.78 is 2.12. The summed E-state index contributed by atoms with van der Waals surface area (Å²) in [5.41, 5.74) is 7.02. The summed E-state index contributed by atoms with van der Waals surface area (Å²) >= 11 is 1.67. The molecule has 0 amide bonds. The van der Waals surface area contributed by atoms with Crippen molar-refractivity contribution in [2.75, 3.05) is 18.0 Å². The van der Waals surface area contributed by atoms with E-state index in [-0.39, 0.29) is 0 Å². The highest BCUT2D eigenvalue weighted by Crippen LogP contribution is 2.27. The van der Waals surface area contributed by atoms with Crippen LogP contribution in [0.2, 0.25) is 0 Å². The van der Waals surface area contributed by atoms with Gasteiger partial charge in [0.2, 0.25) is 0 Å². The van der Waals surface area contributed by atoms with E-state index in [9.17, 15) is 0 Å². The van der Waals surface area contributed by atoms with Crippen LogP contribution in [0.4, 0.5) is 5.82 Å². The molecule has 1 fully saturated rings. The van der Waals surface area contributed by atoms with Crippen LogP contribution in [0.3, 0.4) is 0 Å². The maximum Gasteiger partial charge on any atom is 0.195 e. The first-order chi connectivity index (χ1) is 8.29. The topological polar surface area (TPSA) is 46.6 Å². The minimum atomic E-state index is 0.555. The lowest BCUT2D eigenvalue weighted by Crippen LogP contribution is -2.33. The molecule has 0 aliphatic carbocycles. The minimum Gasteiger partial charge on any atom is -0.355 e. The third-order valence-corrected chi connectivity index (χ3v) is 4.37. The molecular formula is C12H18N4S. The highest BCUT2D eigenvalue weighted by molar-refractivity contribution is 7.15. The highest BCUT2D eigenvalue weighted by atomic mass is 32.1. The summed E-state index contributed by atoms with van der Waals surface area (Å²) in [5.74, 6) is 1.95. The van der Waals surface area contributed by atoms with E-state index in [4.69, 9.17) is 10.7 Å². The zero-order chi connectivity index (χ0) is 11.8. The second-order valence-electron chi connectivity index (χ2n) is 4.81. The first-order valence-corrected chi connectivity index (χ1v) is 7.07. The Hall–Kier alpha value is -1.07. The Morgan fingerprint density at radius 1 is 1.47 bits per heavy atom. The predicted molar refractivity (Wildman–Crippen MR) is 71.6 cm³/mol. The molecule has 0 radical (unpaired) electrons. The number of fused-ring (bicyclic) bond motifs is 1. The predicted octanol–water partition coefficient (Wildman–Crippen LogP) is 2.09. The molecule has 1 saturated heterocycles. The lowest BCUT2D eigenvalue weighted by Gasteiger charge is -2.31. The molecule has 0 unspecified atom stereocenters. The number of imidazole rings is 1. The third-order valence-electron chi connectivity index (χ3n) is 3.62. The van der Waals surface area contributed by atoms with Gasteiger partial charge >= 0.3 is 0 Å². The quantitative estimate of drug-likeness (QED) is 0.887. The first kappa shape index (κ1) is 11.0. The van der Waals surface area contributed by atoms with E-state index in [1.54, 1.807) is 11.3 Å². The van der Waals surface area contributed by atoms with Gasteiger partial charge in [-0.2, -0.15) is 0 Å². The lowest BCUT2D eigenvalue weighted by molar-refractivity contribution is 0.436. The summed E-state index contributed by atoms with van der Waals surface area (Å²) in [5, 5.41) is 2.06. The SMILES string of the molecule is CC1CCN(c2nc3sccn3c2CN)CC1. The number of thiazole rings is 1. The van der Waals surface area contributed by atoms with E-state index in [2.05, 4.69) is 27.8 Å². The van der Waals surface area contributed by atoms with Gasteiger partial charge in [-0.05, 0) is 18.8 Å². The van der Waals surface area contributed by atoms with E-state index in [1.807, 2.05) is 0 Å². The lowest BCUT2D eigenvalue weighted by atomic mass is 9.99. The first-order valence-electron chi connectivity index (χ1n) is 6.19. The van der Waals surface area contributed by atoms with E-state index >= 15 is 0 Å². The van der Waals surface area contributed by atoms with Crippen molar-refractivity contribution in [1.82, 2.24) is 9.38 Å². The van der Waals surface area contributed by atoms with Gasteiger partial charge in [0.1, 0.15) is 0 Å². The monoisotopic (exact) mass is 250 g/mol.